The molecule has 6 aliphatic rings. The molecule has 66 valence electrons. The van der Waals surface area contributed by atoms with E-state index in [-0.39, 0.29) is 0 Å². The van der Waals surface area contributed by atoms with Crippen molar-refractivity contribution in [3.8, 4) is 0 Å². The van der Waals surface area contributed by atoms with Crippen LogP contribution in [0.5, 0.6) is 0 Å². The van der Waals surface area contributed by atoms with Gasteiger partial charge in [0.15, 0.2) is 0 Å². The quantitative estimate of drug-likeness (QED) is 0.556. The van der Waals surface area contributed by atoms with Crippen LogP contribution in [0.1, 0.15) is 32.6 Å². The molecule has 0 N–H and O–H groups in total. The zero-order chi connectivity index (χ0) is 7.87. The lowest BCUT2D eigenvalue weighted by molar-refractivity contribution is 0.113. The average Bonchev–Trinajstić information content (AvgIpc) is 2.60. The van der Waals surface area contributed by atoms with Gasteiger partial charge in [-0.2, -0.15) is 0 Å². The molecule has 5 unspecified atom stereocenters. The molecule has 0 radical (unpaired) electrons. The van der Waals surface area contributed by atoms with Crippen LogP contribution in [-0.2, 0) is 0 Å². The van der Waals surface area contributed by atoms with Crippen LogP contribution in [0.3, 0.4) is 0 Å². The van der Waals surface area contributed by atoms with Crippen LogP contribution in [0.15, 0.2) is 0 Å². The van der Waals surface area contributed by atoms with Gasteiger partial charge in [-0.3, -0.25) is 0 Å². The minimum absolute atomic E-state index is 1.11. The maximum Gasteiger partial charge on any atom is -0.0321 e. The number of hydrogen-bond donors (Lipinski definition) is 0. The average molecular weight is 162 g/mol. The molecular weight excluding hydrogens is 144 g/mol. The first-order valence-electron chi connectivity index (χ1n) is 5.86. The van der Waals surface area contributed by atoms with E-state index in [0.29, 0.717) is 0 Å². The van der Waals surface area contributed by atoms with Crippen LogP contribution >= 0.6 is 0 Å². The number of hydrogen-bond acceptors (Lipinski definition) is 0. The number of fused-ring (bicyclic) bond motifs is 2. The molecule has 6 rings (SSSR count). The summed E-state index contributed by atoms with van der Waals surface area (Å²) in [6.07, 6.45) is 6.44. The van der Waals surface area contributed by atoms with Crippen LogP contribution in [0.25, 0.3) is 0 Å². The van der Waals surface area contributed by atoms with Gasteiger partial charge in [-0.05, 0) is 67.1 Å². The molecule has 6 saturated carbocycles. The van der Waals surface area contributed by atoms with Crippen molar-refractivity contribution >= 4 is 0 Å². The smallest absolute Gasteiger partial charge is 0.0321 e. The summed E-state index contributed by atoms with van der Waals surface area (Å²) in [7, 11) is 0. The highest BCUT2D eigenvalue weighted by Crippen LogP contribution is 2.73. The monoisotopic (exact) mass is 162 g/mol. The maximum atomic E-state index is 2.46. The third-order valence-electron chi connectivity index (χ3n) is 5.68. The van der Waals surface area contributed by atoms with Crippen LogP contribution in [0.2, 0.25) is 0 Å². The minimum Gasteiger partial charge on any atom is -0.0622 e. The van der Waals surface area contributed by atoms with Crippen LogP contribution in [0, 0.1) is 41.4 Å². The van der Waals surface area contributed by atoms with E-state index in [1.54, 1.807) is 25.7 Å². The minimum atomic E-state index is 1.11. The first kappa shape index (κ1) is 6.45. The van der Waals surface area contributed by atoms with E-state index in [4.69, 9.17) is 0 Å². The van der Waals surface area contributed by atoms with Crippen molar-refractivity contribution in [3.05, 3.63) is 0 Å². The van der Waals surface area contributed by atoms with Gasteiger partial charge in [0.25, 0.3) is 0 Å². The van der Waals surface area contributed by atoms with Crippen molar-refractivity contribution in [3.63, 3.8) is 0 Å². The Labute approximate surface area is 74.7 Å². The lowest BCUT2D eigenvalue weighted by atomic mass is 9.69. The van der Waals surface area contributed by atoms with E-state index >= 15 is 0 Å². The maximum absolute atomic E-state index is 2.46. The summed E-state index contributed by atoms with van der Waals surface area (Å²) in [5.41, 5.74) is 0. The molecule has 0 heterocycles. The second-order valence-corrected chi connectivity index (χ2v) is 5.92. The second-order valence-electron chi connectivity index (χ2n) is 5.92. The molecule has 0 heteroatoms. The Hall–Kier alpha value is 0. The molecule has 4 bridgehead atoms. The Morgan fingerprint density at radius 3 is 1.92 bits per heavy atom. The van der Waals surface area contributed by atoms with Crippen LogP contribution < -0.4 is 0 Å². The normalized spacial score (nSPS) is 71.2. The van der Waals surface area contributed by atoms with E-state index in [1.165, 1.54) is 35.5 Å². The van der Waals surface area contributed by atoms with Gasteiger partial charge in [-0.25, -0.2) is 0 Å². The molecule has 6 fully saturated rings. The Morgan fingerprint density at radius 1 is 0.750 bits per heavy atom. The fraction of sp³-hybridized carbons (Fsp3) is 1.00. The first-order valence-corrected chi connectivity index (χ1v) is 5.86. The molecule has 0 nitrogen and oxygen atoms in total. The Bertz CT molecular complexity index is 220. The van der Waals surface area contributed by atoms with Crippen molar-refractivity contribution < 1.29 is 0 Å². The predicted octanol–water partition coefficient (Wildman–Crippen LogP) is 2.93. The molecule has 12 heavy (non-hydrogen) atoms. The molecule has 0 aliphatic heterocycles. The van der Waals surface area contributed by atoms with Gasteiger partial charge in [0.1, 0.15) is 0 Å². The first-order chi connectivity index (χ1) is 5.86. The zero-order valence-corrected chi connectivity index (χ0v) is 7.87. The summed E-state index contributed by atoms with van der Waals surface area (Å²) in [6.45, 7) is 2.46. The highest BCUT2D eigenvalue weighted by atomic mass is 14.7. The van der Waals surface area contributed by atoms with Gasteiger partial charge >= 0.3 is 0 Å². The zero-order valence-electron chi connectivity index (χ0n) is 7.87. The van der Waals surface area contributed by atoms with Crippen LogP contribution in [0.4, 0.5) is 0 Å². The third kappa shape index (κ3) is 0.533. The van der Waals surface area contributed by atoms with Gasteiger partial charge in [0.05, 0.1) is 0 Å². The topological polar surface area (TPSA) is 0 Å². The SMILES string of the molecule is CC1CC1C1CC2C3CCC2C13. The van der Waals surface area contributed by atoms with Gasteiger partial charge in [-0.15, -0.1) is 0 Å². The summed E-state index contributed by atoms with van der Waals surface area (Å²) in [5, 5.41) is 0. The van der Waals surface area contributed by atoms with Crippen molar-refractivity contribution in [2.24, 2.45) is 41.4 Å². The van der Waals surface area contributed by atoms with E-state index in [2.05, 4.69) is 6.92 Å². The number of rotatable bonds is 1. The molecule has 0 saturated heterocycles. The molecule has 0 spiro atoms. The molecule has 6 aliphatic carbocycles. The molecule has 0 aromatic heterocycles. The fourth-order valence-corrected chi connectivity index (χ4v) is 5.12. The van der Waals surface area contributed by atoms with Gasteiger partial charge in [0.2, 0.25) is 0 Å². The van der Waals surface area contributed by atoms with Gasteiger partial charge in [-0.1, -0.05) is 6.92 Å². The third-order valence-corrected chi connectivity index (χ3v) is 5.68. The molecule has 0 aromatic rings. The van der Waals surface area contributed by atoms with Gasteiger partial charge < -0.3 is 0 Å². The predicted molar refractivity (Wildman–Crippen MR) is 48.6 cm³/mol. The largest absolute Gasteiger partial charge is 0.0622 e. The summed E-state index contributed by atoms with van der Waals surface area (Å²) in [4.78, 5) is 0. The molecule has 5 atom stereocenters. The van der Waals surface area contributed by atoms with Crippen molar-refractivity contribution in [1.29, 1.82) is 0 Å². The summed E-state index contributed by atoms with van der Waals surface area (Å²) in [6, 6.07) is 0. The van der Waals surface area contributed by atoms with Crippen molar-refractivity contribution in [1.82, 2.24) is 0 Å². The Kier molecular flexibility index (Phi) is 0.946. The van der Waals surface area contributed by atoms with Crippen molar-refractivity contribution in [2.75, 3.05) is 0 Å². The van der Waals surface area contributed by atoms with E-state index in [1.807, 2.05) is 0 Å². The summed E-state index contributed by atoms with van der Waals surface area (Å²) >= 11 is 0. The molecular formula is C12H18. The fourth-order valence-electron chi connectivity index (χ4n) is 5.12. The van der Waals surface area contributed by atoms with E-state index in [0.717, 1.165) is 5.92 Å². The van der Waals surface area contributed by atoms with Crippen molar-refractivity contribution in [2.45, 2.75) is 32.6 Å². The van der Waals surface area contributed by atoms with E-state index in [9.17, 15) is 0 Å². The highest BCUT2D eigenvalue weighted by Gasteiger charge is 2.66. The standard InChI is InChI=1S/C12H18/c1-6-4-9(6)11-5-10-7-2-3-8(10)12(7)11/h6-12H,2-5H2,1H3. The molecule has 0 amide bonds. The lowest BCUT2D eigenvalue weighted by Crippen LogP contribution is -2.32. The Balaban J connectivity index is 1.62. The molecule has 0 aromatic carbocycles. The summed E-state index contributed by atoms with van der Waals surface area (Å²) < 4.78 is 0. The van der Waals surface area contributed by atoms with Gasteiger partial charge in [0, 0.05) is 0 Å². The van der Waals surface area contributed by atoms with Crippen LogP contribution in [-0.4, -0.2) is 0 Å². The second kappa shape index (κ2) is 1.76. The highest BCUT2D eigenvalue weighted by molar-refractivity contribution is 5.14. The Morgan fingerprint density at radius 2 is 1.42 bits per heavy atom. The summed E-state index contributed by atoms with van der Waals surface area (Å²) in [5.74, 6) is 8.43. The lowest BCUT2D eigenvalue weighted by Gasteiger charge is -2.36. The van der Waals surface area contributed by atoms with E-state index < -0.39 is 0 Å².